The molecule has 2 atom stereocenters. The highest BCUT2D eigenvalue weighted by Gasteiger charge is 2.19. The lowest BCUT2D eigenvalue weighted by molar-refractivity contribution is 0.0110. The highest BCUT2D eigenvalue weighted by molar-refractivity contribution is 4.73. The van der Waals surface area contributed by atoms with Crippen molar-refractivity contribution >= 4 is 0 Å². The van der Waals surface area contributed by atoms with Crippen molar-refractivity contribution in [3.8, 4) is 0 Å². The molecule has 0 saturated carbocycles. The second kappa shape index (κ2) is 8.01. The van der Waals surface area contributed by atoms with Crippen LogP contribution in [-0.2, 0) is 9.47 Å². The fourth-order valence-electron chi connectivity index (χ4n) is 1.49. The Morgan fingerprint density at radius 1 is 1.19 bits per heavy atom. The maximum absolute atomic E-state index is 5.54. The number of hydrogen-bond acceptors (Lipinski definition) is 4. The van der Waals surface area contributed by atoms with Gasteiger partial charge in [-0.3, -0.25) is 11.3 Å². The van der Waals surface area contributed by atoms with Crippen LogP contribution in [0.5, 0.6) is 0 Å². The SMILES string of the molecule is COC(C)CCC(CCC(C)(C)OC)NN. The Hall–Kier alpha value is -0.160. The molecule has 2 unspecified atom stereocenters. The minimum absolute atomic E-state index is 0.0675. The molecule has 0 radical (unpaired) electrons. The Labute approximate surface area is 99.8 Å². The van der Waals surface area contributed by atoms with E-state index in [1.165, 1.54) is 0 Å². The van der Waals surface area contributed by atoms with Crippen LogP contribution in [0.4, 0.5) is 0 Å². The van der Waals surface area contributed by atoms with Gasteiger partial charge in [0, 0.05) is 20.3 Å². The Bertz CT molecular complexity index is 174. The summed E-state index contributed by atoms with van der Waals surface area (Å²) in [5, 5.41) is 0. The van der Waals surface area contributed by atoms with Gasteiger partial charge in [0.25, 0.3) is 0 Å². The van der Waals surface area contributed by atoms with E-state index in [9.17, 15) is 0 Å². The molecule has 0 heterocycles. The molecule has 0 amide bonds. The normalized spacial score (nSPS) is 16.1. The topological polar surface area (TPSA) is 56.5 Å². The summed E-state index contributed by atoms with van der Waals surface area (Å²) >= 11 is 0. The number of hydrogen-bond donors (Lipinski definition) is 2. The zero-order valence-electron chi connectivity index (χ0n) is 11.4. The zero-order valence-corrected chi connectivity index (χ0v) is 11.4. The van der Waals surface area contributed by atoms with Crippen molar-refractivity contribution in [3.05, 3.63) is 0 Å². The number of methoxy groups -OCH3 is 2. The summed E-state index contributed by atoms with van der Waals surface area (Å²) in [7, 11) is 3.49. The first kappa shape index (κ1) is 15.8. The molecule has 98 valence electrons. The van der Waals surface area contributed by atoms with Crippen LogP contribution in [0.1, 0.15) is 46.5 Å². The molecule has 3 N–H and O–H groups in total. The van der Waals surface area contributed by atoms with Crippen molar-refractivity contribution in [3.63, 3.8) is 0 Å². The molecule has 4 heteroatoms. The summed E-state index contributed by atoms with van der Waals surface area (Å²) in [4.78, 5) is 0. The van der Waals surface area contributed by atoms with E-state index in [0.717, 1.165) is 25.7 Å². The lowest BCUT2D eigenvalue weighted by Gasteiger charge is -2.26. The Kier molecular flexibility index (Phi) is 7.93. The molecule has 0 rings (SSSR count). The molecule has 4 nitrogen and oxygen atoms in total. The molecule has 0 aromatic carbocycles. The van der Waals surface area contributed by atoms with Crippen molar-refractivity contribution in [2.45, 2.75) is 64.2 Å². The highest BCUT2D eigenvalue weighted by atomic mass is 16.5. The second-order valence-corrected chi connectivity index (χ2v) is 4.99. The third-order valence-electron chi connectivity index (χ3n) is 3.21. The lowest BCUT2D eigenvalue weighted by atomic mass is 9.96. The van der Waals surface area contributed by atoms with Crippen LogP contribution in [0, 0.1) is 0 Å². The van der Waals surface area contributed by atoms with E-state index in [0.29, 0.717) is 12.1 Å². The molecular weight excluding hydrogens is 204 g/mol. The molecular formula is C12H28N2O2. The number of hydrazine groups is 1. The number of ether oxygens (including phenoxy) is 2. The van der Waals surface area contributed by atoms with E-state index in [-0.39, 0.29) is 5.60 Å². The van der Waals surface area contributed by atoms with Gasteiger partial charge in [0.1, 0.15) is 0 Å². The Morgan fingerprint density at radius 3 is 2.25 bits per heavy atom. The summed E-state index contributed by atoms with van der Waals surface area (Å²) in [6, 6.07) is 0.340. The molecule has 0 aromatic rings. The summed E-state index contributed by atoms with van der Waals surface area (Å²) in [5.74, 6) is 5.54. The van der Waals surface area contributed by atoms with Gasteiger partial charge in [-0.05, 0) is 46.5 Å². The first-order valence-electron chi connectivity index (χ1n) is 5.99. The summed E-state index contributed by atoms with van der Waals surface area (Å²) in [5.41, 5.74) is 2.80. The monoisotopic (exact) mass is 232 g/mol. The standard InChI is InChI=1S/C12H28N2O2/c1-10(15-4)6-7-11(14-13)8-9-12(2,3)16-5/h10-11,14H,6-9,13H2,1-5H3. The molecule has 0 spiro atoms. The maximum atomic E-state index is 5.54. The molecule has 0 aliphatic carbocycles. The molecule has 16 heavy (non-hydrogen) atoms. The predicted molar refractivity (Wildman–Crippen MR) is 67.1 cm³/mol. The van der Waals surface area contributed by atoms with Crippen molar-refractivity contribution < 1.29 is 9.47 Å². The largest absolute Gasteiger partial charge is 0.382 e. The summed E-state index contributed by atoms with van der Waals surface area (Å²) < 4.78 is 10.6. The van der Waals surface area contributed by atoms with Crippen molar-refractivity contribution in [2.24, 2.45) is 5.84 Å². The number of rotatable bonds is 9. The number of nitrogens with two attached hydrogens (primary N) is 1. The van der Waals surface area contributed by atoms with E-state index in [2.05, 4.69) is 26.2 Å². The molecule has 0 bridgehead atoms. The van der Waals surface area contributed by atoms with Crippen LogP contribution in [0.3, 0.4) is 0 Å². The van der Waals surface area contributed by atoms with Crippen molar-refractivity contribution in [1.82, 2.24) is 5.43 Å². The van der Waals surface area contributed by atoms with Gasteiger partial charge in [-0.15, -0.1) is 0 Å². The fraction of sp³-hybridized carbons (Fsp3) is 1.00. The van der Waals surface area contributed by atoms with Crippen LogP contribution in [0.15, 0.2) is 0 Å². The smallest absolute Gasteiger partial charge is 0.0623 e. The second-order valence-electron chi connectivity index (χ2n) is 4.99. The minimum atomic E-state index is -0.0675. The van der Waals surface area contributed by atoms with Gasteiger partial charge in [0.05, 0.1) is 11.7 Å². The average Bonchev–Trinajstić information content (AvgIpc) is 2.28. The zero-order chi connectivity index (χ0) is 12.6. The fourth-order valence-corrected chi connectivity index (χ4v) is 1.49. The number of nitrogens with one attached hydrogen (secondary N) is 1. The van der Waals surface area contributed by atoms with E-state index < -0.39 is 0 Å². The molecule has 0 aliphatic rings. The van der Waals surface area contributed by atoms with Gasteiger partial charge < -0.3 is 9.47 Å². The van der Waals surface area contributed by atoms with Gasteiger partial charge in [0.15, 0.2) is 0 Å². The van der Waals surface area contributed by atoms with E-state index >= 15 is 0 Å². The Balaban J connectivity index is 3.83. The van der Waals surface area contributed by atoms with E-state index in [4.69, 9.17) is 15.3 Å². The van der Waals surface area contributed by atoms with Gasteiger partial charge >= 0.3 is 0 Å². The van der Waals surface area contributed by atoms with Gasteiger partial charge in [-0.1, -0.05) is 0 Å². The predicted octanol–water partition coefficient (Wildman–Crippen LogP) is 1.84. The Morgan fingerprint density at radius 2 is 1.81 bits per heavy atom. The maximum Gasteiger partial charge on any atom is 0.0623 e. The first-order chi connectivity index (χ1) is 7.45. The highest BCUT2D eigenvalue weighted by Crippen LogP contribution is 2.18. The van der Waals surface area contributed by atoms with Gasteiger partial charge in [-0.25, -0.2) is 0 Å². The quantitative estimate of drug-likeness (QED) is 0.470. The van der Waals surface area contributed by atoms with E-state index in [1.807, 2.05) is 0 Å². The third kappa shape index (κ3) is 7.17. The summed E-state index contributed by atoms with van der Waals surface area (Å²) in [6.07, 6.45) is 4.38. The molecule has 0 fully saturated rings. The van der Waals surface area contributed by atoms with Crippen LogP contribution in [0.2, 0.25) is 0 Å². The van der Waals surface area contributed by atoms with Crippen LogP contribution in [0.25, 0.3) is 0 Å². The van der Waals surface area contributed by atoms with Crippen molar-refractivity contribution in [2.75, 3.05) is 14.2 Å². The van der Waals surface area contributed by atoms with Gasteiger partial charge in [-0.2, -0.15) is 0 Å². The molecule has 0 saturated heterocycles. The third-order valence-corrected chi connectivity index (χ3v) is 3.21. The van der Waals surface area contributed by atoms with E-state index in [1.54, 1.807) is 14.2 Å². The minimum Gasteiger partial charge on any atom is -0.382 e. The van der Waals surface area contributed by atoms with Crippen molar-refractivity contribution in [1.29, 1.82) is 0 Å². The average molecular weight is 232 g/mol. The van der Waals surface area contributed by atoms with Crippen LogP contribution >= 0.6 is 0 Å². The lowest BCUT2D eigenvalue weighted by Crippen LogP contribution is -2.37. The van der Waals surface area contributed by atoms with Gasteiger partial charge in [0.2, 0.25) is 0 Å². The van der Waals surface area contributed by atoms with Crippen LogP contribution in [-0.4, -0.2) is 32.0 Å². The molecule has 0 aliphatic heterocycles. The molecule has 0 aromatic heterocycles. The summed E-state index contributed by atoms with van der Waals surface area (Å²) in [6.45, 7) is 6.27. The first-order valence-corrected chi connectivity index (χ1v) is 5.99. The van der Waals surface area contributed by atoms with Crippen LogP contribution < -0.4 is 11.3 Å².